The molecule has 8 rings (SSSR count). The van der Waals surface area contributed by atoms with Gasteiger partial charge in [-0.2, -0.15) is 0 Å². The molecule has 3 N–H and O–H groups in total. The normalized spacial score (nSPS) is 21.8. The number of methoxy groups -OCH3 is 2. The second kappa shape index (κ2) is 24.4. The summed E-state index contributed by atoms with van der Waals surface area (Å²) in [7, 11) is 3.04. The number of aliphatic hydroxyl groups excluding tert-OH is 2. The first-order chi connectivity index (χ1) is 35.2. The van der Waals surface area contributed by atoms with Crippen molar-refractivity contribution in [2.75, 3.05) is 52.8 Å². The predicted molar refractivity (Wildman–Crippen MR) is 270 cm³/mol. The van der Waals surface area contributed by atoms with Crippen LogP contribution in [-0.2, 0) is 27.5 Å². The number of unbranched alkanes of at least 4 members (excludes halogenated alkanes) is 2. The van der Waals surface area contributed by atoms with Crippen LogP contribution in [0.4, 0.5) is 15.3 Å². The van der Waals surface area contributed by atoms with E-state index in [-0.39, 0.29) is 70.4 Å². The molecular formula is C56H65N3O13. The predicted octanol–water partition coefficient (Wildman–Crippen LogP) is 10.1. The Morgan fingerprint density at radius 3 is 2.40 bits per heavy atom. The minimum Gasteiger partial charge on any atom is -0.497 e. The number of fused-ring (bicyclic) bond motifs is 3. The summed E-state index contributed by atoms with van der Waals surface area (Å²) in [6.45, 7) is 8.42. The molecule has 0 spiro atoms. The lowest BCUT2D eigenvalue weighted by molar-refractivity contribution is -0.256. The van der Waals surface area contributed by atoms with Crippen molar-refractivity contribution in [2.45, 2.75) is 82.3 Å². The van der Waals surface area contributed by atoms with Crippen molar-refractivity contribution in [3.05, 3.63) is 139 Å². The van der Waals surface area contributed by atoms with E-state index in [0.717, 1.165) is 35.1 Å². The molecule has 6 atom stereocenters. The third-order valence-electron chi connectivity index (χ3n) is 13.7. The topological polar surface area (TPSA) is 185 Å². The third kappa shape index (κ3) is 11.5. The Kier molecular flexibility index (Phi) is 17.4. The van der Waals surface area contributed by atoms with E-state index in [4.69, 9.17) is 47.9 Å². The van der Waals surface area contributed by atoms with Crippen LogP contribution >= 0.6 is 0 Å². The molecule has 16 heteroatoms. The van der Waals surface area contributed by atoms with E-state index in [1.165, 1.54) is 7.11 Å². The Morgan fingerprint density at radius 1 is 0.861 bits per heavy atom. The minimum absolute atomic E-state index is 0.0235. The van der Waals surface area contributed by atoms with Crippen LogP contribution in [0.2, 0.25) is 0 Å². The summed E-state index contributed by atoms with van der Waals surface area (Å²) in [5.74, 6) is 0.0221. The van der Waals surface area contributed by atoms with Gasteiger partial charge in [-0.1, -0.05) is 72.6 Å². The lowest BCUT2D eigenvalue weighted by Crippen LogP contribution is -2.70. The summed E-state index contributed by atoms with van der Waals surface area (Å²) in [5, 5.41) is 27.9. The second-order valence-corrected chi connectivity index (χ2v) is 18.1. The van der Waals surface area contributed by atoms with E-state index >= 15 is 0 Å². The Balaban J connectivity index is 1.30. The minimum atomic E-state index is -1.60. The molecular weight excluding hydrogens is 923 g/mol. The van der Waals surface area contributed by atoms with Gasteiger partial charge in [-0.05, 0) is 103 Å². The number of amides is 2. The maximum atomic E-state index is 14.9. The monoisotopic (exact) mass is 987 g/mol. The number of ether oxygens (including phenoxy) is 8. The molecule has 0 unspecified atom stereocenters. The lowest BCUT2D eigenvalue weighted by Gasteiger charge is -2.59. The quantitative estimate of drug-likeness (QED) is 0.0343. The smallest absolute Gasteiger partial charge is 0.417 e. The van der Waals surface area contributed by atoms with Crippen molar-refractivity contribution >= 4 is 23.6 Å². The highest BCUT2D eigenvalue weighted by atomic mass is 16.7. The van der Waals surface area contributed by atoms with E-state index in [9.17, 15) is 19.8 Å². The molecule has 4 aromatic rings. The average Bonchev–Trinajstić information content (AvgIpc) is 3.87. The first-order valence-electron chi connectivity index (χ1n) is 24.6. The standard InChI is InChI=1S/C56H65N3O13/c1-5-7-28-66-55(63)59(34-38-19-23-48-50(29-38)68-36-67-48)51-33-46(58-70-35-37-15-9-8-10-16-37)43-30-39(17-11-13-25-60)42(18-12-14-26-61)52-44-31-41(21-24-47(44)72-56(51,53(43)52)69-27-6-2)71-54(62)57-45-22-20-40(64-3)32-49(45)65-4/h5-6,8-10,15-16,19-24,29-32,39,42,51-53,60-61H,1-2,7,11-14,17-18,25-28,33-36H2,3-4H3,(H,57,62)/t39-,42+,51-,52+,53+,56+/m0/s1. The Labute approximate surface area is 420 Å². The highest BCUT2D eigenvalue weighted by Gasteiger charge is 2.66. The number of allylic oxidation sites excluding steroid dienone is 1. The molecule has 4 aromatic carbocycles. The van der Waals surface area contributed by atoms with Gasteiger partial charge in [-0.25, -0.2) is 9.59 Å². The maximum Gasteiger partial charge on any atom is 0.417 e. The first-order valence-corrected chi connectivity index (χ1v) is 24.6. The third-order valence-corrected chi connectivity index (χ3v) is 13.7. The summed E-state index contributed by atoms with van der Waals surface area (Å²) in [6.07, 6.45) is 8.90. The second-order valence-electron chi connectivity index (χ2n) is 18.1. The van der Waals surface area contributed by atoms with Crippen LogP contribution in [0.1, 0.15) is 74.0 Å². The van der Waals surface area contributed by atoms with Gasteiger partial charge in [-0.15, -0.1) is 13.2 Å². The molecule has 1 fully saturated rings. The van der Waals surface area contributed by atoms with Gasteiger partial charge in [0.1, 0.15) is 35.6 Å². The van der Waals surface area contributed by atoms with Gasteiger partial charge in [0.25, 0.3) is 0 Å². The number of carbonyl (C=O) groups is 2. The first kappa shape index (κ1) is 51.3. The van der Waals surface area contributed by atoms with Gasteiger partial charge in [0, 0.05) is 43.7 Å². The molecule has 0 saturated heterocycles. The molecule has 0 bridgehead atoms. The van der Waals surface area contributed by atoms with Gasteiger partial charge in [-0.3, -0.25) is 10.2 Å². The van der Waals surface area contributed by atoms with Crippen molar-refractivity contribution in [3.8, 4) is 34.5 Å². The zero-order chi connectivity index (χ0) is 50.5. The summed E-state index contributed by atoms with van der Waals surface area (Å²) in [5.41, 5.74) is 4.25. The highest BCUT2D eigenvalue weighted by Crippen LogP contribution is 2.62. The van der Waals surface area contributed by atoms with Crippen molar-refractivity contribution in [2.24, 2.45) is 22.9 Å². The molecule has 72 heavy (non-hydrogen) atoms. The van der Waals surface area contributed by atoms with Crippen molar-refractivity contribution < 1.29 is 62.5 Å². The van der Waals surface area contributed by atoms with Crippen molar-refractivity contribution in [1.82, 2.24) is 4.90 Å². The number of nitrogens with one attached hydrogen (secondary N) is 1. The van der Waals surface area contributed by atoms with Crippen LogP contribution in [0.15, 0.2) is 127 Å². The van der Waals surface area contributed by atoms with Crippen LogP contribution in [0.3, 0.4) is 0 Å². The van der Waals surface area contributed by atoms with Crippen LogP contribution in [-0.4, -0.2) is 92.3 Å². The number of nitrogens with zero attached hydrogens (tertiary/aromatic N) is 2. The fraction of sp³-hybridized carbons (Fsp3) is 0.411. The van der Waals surface area contributed by atoms with Crippen molar-refractivity contribution in [3.63, 3.8) is 0 Å². The SMILES string of the molecule is C=CCCOC(=O)N(Cc1ccc2c(c1)OCO2)[C@H]1CC(=NOCc2ccccc2)C2=C[C@H](CCCCO)[C@@H](CCCCO)[C@@H]3c4cc(OC(=O)Nc5ccc(OC)cc5OC)ccc4O[C@@]1(OCC=C)[C@H]23. The summed E-state index contributed by atoms with van der Waals surface area (Å²) in [6, 6.07) is 24.7. The fourth-order valence-corrected chi connectivity index (χ4v) is 10.5. The number of anilines is 1. The zero-order valence-corrected chi connectivity index (χ0v) is 41.0. The lowest BCUT2D eigenvalue weighted by atomic mass is 9.55. The summed E-state index contributed by atoms with van der Waals surface area (Å²) in [4.78, 5) is 36.6. The van der Waals surface area contributed by atoms with Crippen LogP contribution < -0.4 is 33.7 Å². The molecule has 16 nitrogen and oxygen atoms in total. The van der Waals surface area contributed by atoms with Crippen LogP contribution in [0.5, 0.6) is 34.5 Å². The molecule has 2 amide bonds. The van der Waals surface area contributed by atoms with Gasteiger partial charge in [0.05, 0.1) is 44.8 Å². The molecule has 2 aliphatic heterocycles. The Hall–Kier alpha value is -7.01. The van der Waals surface area contributed by atoms with Gasteiger partial charge >= 0.3 is 12.2 Å². The number of oxime groups is 1. The van der Waals surface area contributed by atoms with Crippen molar-refractivity contribution in [1.29, 1.82) is 0 Å². The van der Waals surface area contributed by atoms with E-state index in [0.29, 0.717) is 72.3 Å². The number of benzene rings is 4. The fourth-order valence-electron chi connectivity index (χ4n) is 10.5. The van der Waals surface area contributed by atoms with E-state index in [2.05, 4.69) is 24.6 Å². The molecule has 0 aromatic heterocycles. The van der Waals surface area contributed by atoms with Gasteiger partial charge in [0.15, 0.2) is 11.5 Å². The van der Waals surface area contributed by atoms with Crippen LogP contribution in [0, 0.1) is 17.8 Å². The van der Waals surface area contributed by atoms with E-state index in [1.807, 2.05) is 54.6 Å². The largest absolute Gasteiger partial charge is 0.497 e. The highest BCUT2D eigenvalue weighted by molar-refractivity contribution is 6.03. The molecule has 2 heterocycles. The summed E-state index contributed by atoms with van der Waals surface area (Å²) < 4.78 is 48.9. The molecule has 1 saturated carbocycles. The molecule has 4 aliphatic rings. The zero-order valence-electron chi connectivity index (χ0n) is 41.0. The number of rotatable bonds is 24. The van der Waals surface area contributed by atoms with Gasteiger partial charge < -0.3 is 52.9 Å². The number of hydrogen-bond acceptors (Lipinski definition) is 14. The van der Waals surface area contributed by atoms with E-state index in [1.54, 1.807) is 54.5 Å². The summed E-state index contributed by atoms with van der Waals surface area (Å²) >= 11 is 0. The Morgan fingerprint density at radius 2 is 1.64 bits per heavy atom. The average molecular weight is 988 g/mol. The number of aliphatic hydroxyl groups is 2. The van der Waals surface area contributed by atoms with E-state index < -0.39 is 35.9 Å². The Bertz CT molecular complexity index is 2590. The maximum absolute atomic E-state index is 14.9. The van der Waals surface area contributed by atoms with Gasteiger partial charge in [0.2, 0.25) is 12.6 Å². The molecule has 2 aliphatic carbocycles. The number of hydrogen-bond donors (Lipinski definition) is 3. The van der Waals surface area contributed by atoms with Crippen LogP contribution in [0.25, 0.3) is 0 Å². The molecule has 0 radical (unpaired) electrons. The number of carbonyl (C=O) groups excluding carboxylic acids is 2. The molecule has 382 valence electrons.